The molecule has 0 saturated heterocycles. The molecule has 0 heterocycles. The second-order valence-corrected chi connectivity index (χ2v) is 9.23. The molecule has 0 aromatic heterocycles. The molecule has 3 aliphatic rings. The first-order valence-corrected chi connectivity index (χ1v) is 11.0. The first-order chi connectivity index (χ1) is 11.8. The fraction of sp³-hybridized carbons (Fsp3) is 0.833. The second-order valence-electron chi connectivity index (χ2n) is 9.23. The molecule has 24 heavy (non-hydrogen) atoms. The molecule has 0 nitrogen and oxygen atoms in total. The molecular formula is C24H40. The second kappa shape index (κ2) is 9.25. The maximum absolute atomic E-state index is 4.00. The summed E-state index contributed by atoms with van der Waals surface area (Å²) in [6.45, 7) is 7.88. The van der Waals surface area contributed by atoms with Crippen molar-refractivity contribution in [2.45, 2.75) is 89.9 Å². The molecule has 3 rings (SSSR count). The highest BCUT2D eigenvalue weighted by molar-refractivity contribution is 4.89. The van der Waals surface area contributed by atoms with Crippen molar-refractivity contribution >= 4 is 0 Å². The molecule has 3 fully saturated rings. The van der Waals surface area contributed by atoms with E-state index in [1.807, 2.05) is 0 Å². The first kappa shape index (κ1) is 18.3. The Hall–Kier alpha value is -0.520. The van der Waals surface area contributed by atoms with Gasteiger partial charge in [0.25, 0.3) is 0 Å². The van der Waals surface area contributed by atoms with Gasteiger partial charge in [-0.1, -0.05) is 25.0 Å². The Morgan fingerprint density at radius 2 is 1.00 bits per heavy atom. The minimum atomic E-state index is 0.828. The van der Waals surface area contributed by atoms with Gasteiger partial charge in [-0.2, -0.15) is 0 Å². The molecule has 136 valence electrons. The van der Waals surface area contributed by atoms with Gasteiger partial charge in [0.1, 0.15) is 0 Å². The molecule has 0 atom stereocenters. The van der Waals surface area contributed by atoms with E-state index in [9.17, 15) is 0 Å². The van der Waals surface area contributed by atoms with Crippen LogP contribution in [-0.2, 0) is 0 Å². The molecule has 0 N–H and O–H groups in total. The van der Waals surface area contributed by atoms with Gasteiger partial charge in [-0.25, -0.2) is 0 Å². The van der Waals surface area contributed by atoms with Crippen LogP contribution < -0.4 is 0 Å². The fourth-order valence-electron chi connectivity index (χ4n) is 6.24. The van der Waals surface area contributed by atoms with E-state index in [4.69, 9.17) is 0 Å². The van der Waals surface area contributed by atoms with Crippen LogP contribution in [0.4, 0.5) is 0 Å². The normalized spacial score (nSPS) is 40.8. The average molecular weight is 329 g/mol. The average Bonchev–Trinajstić information content (AvgIpc) is 2.67. The fourth-order valence-corrected chi connectivity index (χ4v) is 6.24. The third-order valence-corrected chi connectivity index (χ3v) is 7.97. The lowest BCUT2D eigenvalue weighted by Crippen LogP contribution is -2.29. The highest BCUT2D eigenvalue weighted by Crippen LogP contribution is 2.46. The SMILES string of the molecule is C=CCC[C@H]1CC[C@H](C2CCC([C@H]3CC[C@H](C=C)CC3)CC2)CC1. The predicted molar refractivity (Wildman–Crippen MR) is 106 cm³/mol. The van der Waals surface area contributed by atoms with Crippen molar-refractivity contribution in [3.8, 4) is 0 Å². The van der Waals surface area contributed by atoms with Gasteiger partial charge in [0.05, 0.1) is 0 Å². The summed E-state index contributed by atoms with van der Waals surface area (Å²) in [5.41, 5.74) is 0. The van der Waals surface area contributed by atoms with E-state index in [1.54, 1.807) is 25.7 Å². The van der Waals surface area contributed by atoms with E-state index >= 15 is 0 Å². The number of allylic oxidation sites excluding steroid dienone is 2. The highest BCUT2D eigenvalue weighted by atomic mass is 14.4. The quantitative estimate of drug-likeness (QED) is 0.441. The van der Waals surface area contributed by atoms with E-state index in [1.165, 1.54) is 64.2 Å². The van der Waals surface area contributed by atoms with Gasteiger partial charge in [0.15, 0.2) is 0 Å². The number of hydrogen-bond acceptors (Lipinski definition) is 0. The Bertz CT molecular complexity index is 371. The van der Waals surface area contributed by atoms with Crippen molar-refractivity contribution in [1.82, 2.24) is 0 Å². The lowest BCUT2D eigenvalue weighted by molar-refractivity contribution is 0.107. The summed E-state index contributed by atoms with van der Waals surface area (Å²) in [7, 11) is 0. The maximum atomic E-state index is 4.00. The van der Waals surface area contributed by atoms with E-state index in [2.05, 4.69) is 25.3 Å². The Morgan fingerprint density at radius 3 is 1.42 bits per heavy atom. The van der Waals surface area contributed by atoms with Gasteiger partial charge in [-0.3, -0.25) is 0 Å². The van der Waals surface area contributed by atoms with Gasteiger partial charge in [0, 0.05) is 0 Å². The lowest BCUT2D eigenvalue weighted by Gasteiger charge is -2.41. The van der Waals surface area contributed by atoms with Crippen LogP contribution in [0.1, 0.15) is 89.9 Å². The molecule has 0 aliphatic heterocycles. The standard InChI is InChI=1S/C24H40/c1-3-5-6-20-9-13-22(14-10-20)24-17-15-23(16-18-24)21-11-7-19(4-2)8-12-21/h3-4,19-24H,1-2,5-18H2/t19-,20-,21-,22-,23?,24?. The zero-order valence-corrected chi connectivity index (χ0v) is 15.9. The summed E-state index contributed by atoms with van der Waals surface area (Å²) in [5.74, 6) is 6.10. The molecule has 0 heteroatoms. The third-order valence-electron chi connectivity index (χ3n) is 7.97. The lowest BCUT2D eigenvalue weighted by atomic mass is 9.65. The van der Waals surface area contributed by atoms with Crippen LogP contribution in [0.25, 0.3) is 0 Å². The minimum Gasteiger partial charge on any atom is -0.103 e. The maximum Gasteiger partial charge on any atom is -0.0236 e. The van der Waals surface area contributed by atoms with Crippen LogP contribution in [0.15, 0.2) is 25.3 Å². The highest BCUT2D eigenvalue weighted by Gasteiger charge is 2.34. The van der Waals surface area contributed by atoms with Crippen LogP contribution >= 0.6 is 0 Å². The predicted octanol–water partition coefficient (Wildman–Crippen LogP) is 7.56. The molecule has 0 unspecified atom stereocenters. The number of rotatable bonds is 6. The minimum absolute atomic E-state index is 0.828. The largest absolute Gasteiger partial charge is 0.103 e. The summed E-state index contributed by atoms with van der Waals surface area (Å²) in [6.07, 6.45) is 25.0. The molecule has 0 aromatic rings. The summed E-state index contributed by atoms with van der Waals surface area (Å²) in [4.78, 5) is 0. The summed E-state index contributed by atoms with van der Waals surface area (Å²) < 4.78 is 0. The Kier molecular flexibility index (Phi) is 7.05. The van der Waals surface area contributed by atoms with Crippen molar-refractivity contribution in [3.05, 3.63) is 25.3 Å². The molecular weight excluding hydrogens is 288 g/mol. The Balaban J connectivity index is 1.37. The topological polar surface area (TPSA) is 0 Å². The zero-order chi connectivity index (χ0) is 16.8. The van der Waals surface area contributed by atoms with Crippen LogP contribution in [-0.4, -0.2) is 0 Å². The van der Waals surface area contributed by atoms with E-state index in [0.29, 0.717) is 0 Å². The van der Waals surface area contributed by atoms with Gasteiger partial charge in [-0.05, 0) is 113 Å². The van der Waals surface area contributed by atoms with Crippen molar-refractivity contribution in [1.29, 1.82) is 0 Å². The smallest absolute Gasteiger partial charge is 0.0236 e. The Morgan fingerprint density at radius 1 is 0.583 bits per heavy atom. The monoisotopic (exact) mass is 328 g/mol. The van der Waals surface area contributed by atoms with E-state index in [-0.39, 0.29) is 0 Å². The van der Waals surface area contributed by atoms with Gasteiger partial charge >= 0.3 is 0 Å². The van der Waals surface area contributed by atoms with Gasteiger partial charge in [-0.15, -0.1) is 13.2 Å². The van der Waals surface area contributed by atoms with E-state index in [0.717, 1.165) is 35.5 Å². The first-order valence-electron chi connectivity index (χ1n) is 11.0. The number of hydrogen-bond donors (Lipinski definition) is 0. The molecule has 0 amide bonds. The van der Waals surface area contributed by atoms with Crippen molar-refractivity contribution in [2.24, 2.45) is 35.5 Å². The summed E-state index contributed by atoms with van der Waals surface area (Å²) >= 11 is 0. The molecule has 0 spiro atoms. The molecule has 0 aromatic carbocycles. The van der Waals surface area contributed by atoms with Gasteiger partial charge in [0.2, 0.25) is 0 Å². The van der Waals surface area contributed by atoms with Crippen LogP contribution in [0.2, 0.25) is 0 Å². The molecule has 0 radical (unpaired) electrons. The molecule has 3 saturated carbocycles. The third kappa shape index (κ3) is 4.77. The van der Waals surface area contributed by atoms with Crippen LogP contribution in [0.5, 0.6) is 0 Å². The summed E-state index contributed by atoms with van der Waals surface area (Å²) in [6, 6.07) is 0. The van der Waals surface area contributed by atoms with E-state index < -0.39 is 0 Å². The Labute approximate surface area is 151 Å². The van der Waals surface area contributed by atoms with Gasteiger partial charge < -0.3 is 0 Å². The van der Waals surface area contributed by atoms with Crippen molar-refractivity contribution in [2.75, 3.05) is 0 Å². The van der Waals surface area contributed by atoms with Crippen LogP contribution in [0.3, 0.4) is 0 Å². The van der Waals surface area contributed by atoms with Crippen molar-refractivity contribution < 1.29 is 0 Å². The van der Waals surface area contributed by atoms with Crippen molar-refractivity contribution in [3.63, 3.8) is 0 Å². The zero-order valence-electron chi connectivity index (χ0n) is 15.9. The molecule has 0 bridgehead atoms. The molecule has 3 aliphatic carbocycles. The van der Waals surface area contributed by atoms with Crippen LogP contribution in [0, 0.1) is 35.5 Å². The summed E-state index contributed by atoms with van der Waals surface area (Å²) in [5, 5.41) is 0.